The molecule has 7 nitrogen and oxygen atoms in total. The Balaban J connectivity index is 1.45. The van der Waals surface area contributed by atoms with Gasteiger partial charge in [0, 0.05) is 13.1 Å². The molecule has 1 aromatic carbocycles. The second-order valence-corrected chi connectivity index (χ2v) is 8.91. The molecule has 3 fully saturated rings. The van der Waals surface area contributed by atoms with E-state index in [4.69, 9.17) is 0 Å². The molecular weight excluding hydrogens is 380 g/mol. The monoisotopic (exact) mass is 412 g/mol. The van der Waals surface area contributed by atoms with Gasteiger partial charge >= 0.3 is 6.03 Å². The summed E-state index contributed by atoms with van der Waals surface area (Å²) in [6, 6.07) is 7.32. The molecule has 0 aromatic heterocycles. The van der Waals surface area contributed by atoms with Crippen molar-refractivity contribution >= 4 is 29.2 Å². The molecule has 2 aliphatic heterocycles. The molecule has 2 N–H and O–H groups in total. The molecule has 1 saturated carbocycles. The van der Waals surface area contributed by atoms with Crippen molar-refractivity contribution in [1.29, 1.82) is 0 Å². The Bertz CT molecular complexity index is 818. The summed E-state index contributed by atoms with van der Waals surface area (Å²) >= 11 is 0. The zero-order valence-corrected chi connectivity index (χ0v) is 17.8. The minimum Gasteiger partial charge on any atom is -0.370 e. The summed E-state index contributed by atoms with van der Waals surface area (Å²) in [6.07, 6.45) is 8.30. The number of amides is 4. The minimum absolute atomic E-state index is 0.0829. The topological polar surface area (TPSA) is 81.8 Å². The quantitative estimate of drug-likeness (QED) is 0.742. The predicted molar refractivity (Wildman–Crippen MR) is 116 cm³/mol. The van der Waals surface area contributed by atoms with E-state index in [0.29, 0.717) is 6.42 Å². The molecule has 2 saturated heterocycles. The van der Waals surface area contributed by atoms with Crippen LogP contribution < -0.4 is 15.5 Å². The number of anilines is 2. The van der Waals surface area contributed by atoms with E-state index in [1.165, 1.54) is 12.8 Å². The maximum atomic E-state index is 13.1. The first-order valence-electron chi connectivity index (χ1n) is 11.3. The highest BCUT2D eigenvalue weighted by molar-refractivity contribution is 6.10. The number of rotatable bonds is 4. The second-order valence-electron chi connectivity index (χ2n) is 8.91. The van der Waals surface area contributed by atoms with E-state index in [0.717, 1.165) is 61.5 Å². The highest BCUT2D eigenvalue weighted by atomic mass is 16.2. The molecule has 1 spiro atoms. The van der Waals surface area contributed by atoms with Crippen molar-refractivity contribution in [3.8, 4) is 0 Å². The third-order valence-corrected chi connectivity index (χ3v) is 6.93. The lowest BCUT2D eigenvalue weighted by atomic mass is 9.73. The fraction of sp³-hybridized carbons (Fsp3) is 0.609. The number of para-hydroxylation sites is 2. The normalized spacial score (nSPS) is 27.2. The number of nitrogens with zero attached hydrogens (tertiary/aromatic N) is 2. The number of benzene rings is 1. The number of urea groups is 1. The molecule has 0 unspecified atom stereocenters. The van der Waals surface area contributed by atoms with Crippen LogP contribution in [-0.2, 0) is 9.59 Å². The standard InChI is InChI=1S/C23H32N4O3/c1-17-10-6-7-13-23(17)21(29)27(22(30)25-23)16-20(28)24-18-11-4-5-12-19(18)26-14-8-2-3-9-15-26/h4-5,11-12,17H,2-3,6-10,13-16H2,1H3,(H,24,28)(H,25,30)/t17-,23+/m1/s1. The summed E-state index contributed by atoms with van der Waals surface area (Å²) in [7, 11) is 0. The van der Waals surface area contributed by atoms with Crippen LogP contribution in [0.3, 0.4) is 0 Å². The van der Waals surface area contributed by atoms with Crippen molar-refractivity contribution in [3.05, 3.63) is 24.3 Å². The molecule has 7 heteroatoms. The van der Waals surface area contributed by atoms with Crippen LogP contribution >= 0.6 is 0 Å². The number of hydrogen-bond donors (Lipinski definition) is 2. The Morgan fingerprint density at radius 2 is 1.83 bits per heavy atom. The van der Waals surface area contributed by atoms with E-state index in [9.17, 15) is 14.4 Å². The van der Waals surface area contributed by atoms with Gasteiger partial charge in [-0.15, -0.1) is 0 Å². The van der Waals surface area contributed by atoms with E-state index >= 15 is 0 Å². The summed E-state index contributed by atoms with van der Waals surface area (Å²) in [6.45, 7) is 3.70. The van der Waals surface area contributed by atoms with Gasteiger partial charge in [-0.3, -0.25) is 14.5 Å². The van der Waals surface area contributed by atoms with Crippen molar-refractivity contribution in [1.82, 2.24) is 10.2 Å². The number of nitrogens with one attached hydrogen (secondary N) is 2. The van der Waals surface area contributed by atoms with Gasteiger partial charge in [-0.25, -0.2) is 4.79 Å². The Hall–Kier alpha value is -2.57. The van der Waals surface area contributed by atoms with Crippen LogP contribution in [0, 0.1) is 5.92 Å². The highest BCUT2D eigenvalue weighted by Crippen LogP contribution is 2.38. The van der Waals surface area contributed by atoms with E-state index < -0.39 is 11.6 Å². The van der Waals surface area contributed by atoms with Crippen molar-refractivity contribution in [2.45, 2.75) is 63.8 Å². The first-order valence-corrected chi connectivity index (χ1v) is 11.3. The Kier molecular flexibility index (Phi) is 5.97. The van der Waals surface area contributed by atoms with Crippen LogP contribution in [0.15, 0.2) is 24.3 Å². The summed E-state index contributed by atoms with van der Waals surface area (Å²) in [4.78, 5) is 41.9. The number of hydrogen-bond acceptors (Lipinski definition) is 4. The average molecular weight is 413 g/mol. The molecule has 30 heavy (non-hydrogen) atoms. The predicted octanol–water partition coefficient (Wildman–Crippen LogP) is 3.51. The summed E-state index contributed by atoms with van der Waals surface area (Å²) in [5.41, 5.74) is 0.902. The van der Waals surface area contributed by atoms with Gasteiger partial charge in [0.2, 0.25) is 5.91 Å². The van der Waals surface area contributed by atoms with E-state index in [2.05, 4.69) is 15.5 Å². The Morgan fingerprint density at radius 3 is 2.57 bits per heavy atom. The fourth-order valence-corrected chi connectivity index (χ4v) is 5.14. The first-order chi connectivity index (χ1) is 14.5. The Morgan fingerprint density at radius 1 is 1.10 bits per heavy atom. The summed E-state index contributed by atoms with van der Waals surface area (Å²) < 4.78 is 0. The molecule has 0 radical (unpaired) electrons. The molecule has 2 atom stereocenters. The molecule has 1 aliphatic carbocycles. The number of imide groups is 1. The Labute approximate surface area is 178 Å². The van der Waals surface area contributed by atoms with Gasteiger partial charge in [0.1, 0.15) is 12.1 Å². The summed E-state index contributed by atoms with van der Waals surface area (Å²) in [5.74, 6) is -0.517. The van der Waals surface area contributed by atoms with Crippen molar-refractivity contribution in [3.63, 3.8) is 0 Å². The molecule has 0 bridgehead atoms. The van der Waals surface area contributed by atoms with Gasteiger partial charge in [-0.05, 0) is 43.7 Å². The van der Waals surface area contributed by atoms with Crippen LogP contribution in [0.4, 0.5) is 16.2 Å². The number of carbonyl (C=O) groups excluding carboxylic acids is 3. The fourth-order valence-electron chi connectivity index (χ4n) is 5.14. The van der Waals surface area contributed by atoms with Crippen molar-refractivity contribution < 1.29 is 14.4 Å². The van der Waals surface area contributed by atoms with Gasteiger partial charge < -0.3 is 15.5 Å². The van der Waals surface area contributed by atoms with Crippen LogP contribution in [0.2, 0.25) is 0 Å². The van der Waals surface area contributed by atoms with Crippen LogP contribution in [0.25, 0.3) is 0 Å². The average Bonchev–Trinajstić information content (AvgIpc) is 2.92. The van der Waals surface area contributed by atoms with Gasteiger partial charge in [-0.1, -0.05) is 44.7 Å². The molecule has 1 aromatic rings. The third kappa shape index (κ3) is 3.89. The van der Waals surface area contributed by atoms with Gasteiger partial charge in [0.15, 0.2) is 0 Å². The highest BCUT2D eigenvalue weighted by Gasteiger charge is 2.55. The molecule has 3 aliphatic rings. The van der Waals surface area contributed by atoms with E-state index in [-0.39, 0.29) is 24.3 Å². The van der Waals surface area contributed by atoms with Crippen molar-refractivity contribution in [2.75, 3.05) is 29.9 Å². The lowest BCUT2D eigenvalue weighted by Crippen LogP contribution is -2.54. The SMILES string of the molecule is C[C@@H]1CCCC[C@]12NC(=O)N(CC(=O)Nc1ccccc1N1CCCCCC1)C2=O. The smallest absolute Gasteiger partial charge is 0.325 e. The van der Waals surface area contributed by atoms with E-state index in [1.807, 2.05) is 31.2 Å². The van der Waals surface area contributed by atoms with Crippen LogP contribution in [-0.4, -0.2) is 47.9 Å². The van der Waals surface area contributed by atoms with Gasteiger partial charge in [-0.2, -0.15) is 0 Å². The third-order valence-electron chi connectivity index (χ3n) is 6.93. The molecule has 162 valence electrons. The van der Waals surface area contributed by atoms with Crippen LogP contribution in [0.1, 0.15) is 58.3 Å². The second kappa shape index (κ2) is 8.66. The lowest BCUT2D eigenvalue weighted by Gasteiger charge is -2.36. The molecule has 4 amide bonds. The molecule has 4 rings (SSSR count). The van der Waals surface area contributed by atoms with Crippen LogP contribution in [0.5, 0.6) is 0 Å². The zero-order chi connectivity index (χ0) is 21.1. The molecular formula is C23H32N4O3. The summed E-state index contributed by atoms with van der Waals surface area (Å²) in [5, 5.41) is 5.85. The zero-order valence-electron chi connectivity index (χ0n) is 17.8. The van der Waals surface area contributed by atoms with E-state index in [1.54, 1.807) is 0 Å². The minimum atomic E-state index is -0.834. The largest absolute Gasteiger partial charge is 0.370 e. The lowest BCUT2D eigenvalue weighted by molar-refractivity contribution is -0.136. The maximum Gasteiger partial charge on any atom is 0.325 e. The van der Waals surface area contributed by atoms with Gasteiger partial charge in [0.25, 0.3) is 5.91 Å². The number of carbonyl (C=O) groups is 3. The van der Waals surface area contributed by atoms with Crippen molar-refractivity contribution in [2.24, 2.45) is 5.92 Å². The first kappa shape index (κ1) is 20.7. The molecule has 2 heterocycles. The van der Waals surface area contributed by atoms with Gasteiger partial charge in [0.05, 0.1) is 11.4 Å². The maximum absolute atomic E-state index is 13.1.